The first kappa shape index (κ1) is 19.0. The molecule has 2 aromatic carbocycles. The lowest BCUT2D eigenvalue weighted by atomic mass is 9.94. The van der Waals surface area contributed by atoms with Crippen molar-refractivity contribution in [2.45, 2.75) is 18.9 Å². The Morgan fingerprint density at radius 1 is 1.03 bits per heavy atom. The molecule has 6 rings (SSSR count). The molecule has 1 unspecified atom stereocenters. The summed E-state index contributed by atoms with van der Waals surface area (Å²) < 4.78 is 22.7. The zero-order chi connectivity index (χ0) is 21.8. The summed E-state index contributed by atoms with van der Waals surface area (Å²) in [6, 6.07) is 12.6. The van der Waals surface area contributed by atoms with Crippen LogP contribution in [0.3, 0.4) is 0 Å². The van der Waals surface area contributed by atoms with E-state index in [4.69, 9.17) is 4.42 Å². The van der Waals surface area contributed by atoms with Gasteiger partial charge in [-0.05, 0) is 43.7 Å². The van der Waals surface area contributed by atoms with Crippen molar-refractivity contribution in [3.63, 3.8) is 0 Å². The quantitative estimate of drug-likeness (QED) is 0.483. The van der Waals surface area contributed by atoms with Gasteiger partial charge in [0.05, 0.1) is 23.0 Å². The van der Waals surface area contributed by atoms with Crippen LogP contribution in [0.1, 0.15) is 30.0 Å². The molecule has 0 aliphatic carbocycles. The fourth-order valence-corrected chi connectivity index (χ4v) is 4.97. The van der Waals surface area contributed by atoms with Crippen LogP contribution in [-0.2, 0) is 9.59 Å². The van der Waals surface area contributed by atoms with Crippen molar-refractivity contribution in [3.8, 4) is 0 Å². The van der Waals surface area contributed by atoms with E-state index in [1.807, 2.05) is 30.5 Å². The number of amides is 2. The highest BCUT2D eigenvalue weighted by atomic mass is 19.1. The molecular weight excluding hydrogens is 409 g/mol. The standard InChI is InChI=1S/C25H20FN3O3/c26-18-8-7-14-9-11-32-23(14)21(18)22-20(24(30)28-25(22)31)17-13-29(15-4-3-10-27-12-15)19-6-2-1-5-16(17)19/h1-2,5-9,11,13,15,27H,3-4,10,12H2,(H,28,30,31). The molecular formula is C25H20FN3O3. The Morgan fingerprint density at radius 3 is 2.72 bits per heavy atom. The number of benzene rings is 2. The fraction of sp³-hybridized carbons (Fsp3) is 0.200. The number of furan rings is 1. The lowest BCUT2D eigenvalue weighted by molar-refractivity contribution is -0.122. The van der Waals surface area contributed by atoms with Crippen molar-refractivity contribution in [2.24, 2.45) is 0 Å². The molecule has 4 heterocycles. The molecule has 1 fully saturated rings. The van der Waals surface area contributed by atoms with Crippen LogP contribution in [0.4, 0.5) is 4.39 Å². The summed E-state index contributed by atoms with van der Waals surface area (Å²) in [5.41, 5.74) is 2.05. The van der Waals surface area contributed by atoms with E-state index in [9.17, 15) is 9.59 Å². The predicted molar refractivity (Wildman–Crippen MR) is 119 cm³/mol. The van der Waals surface area contributed by atoms with Gasteiger partial charge in [0.15, 0.2) is 0 Å². The second-order valence-corrected chi connectivity index (χ2v) is 8.26. The highest BCUT2D eigenvalue weighted by Crippen LogP contribution is 2.40. The van der Waals surface area contributed by atoms with Crippen molar-refractivity contribution in [1.29, 1.82) is 0 Å². The number of carbonyl (C=O) groups is 2. The number of carbonyl (C=O) groups excluding carboxylic acids is 2. The van der Waals surface area contributed by atoms with Gasteiger partial charge >= 0.3 is 0 Å². The van der Waals surface area contributed by atoms with E-state index >= 15 is 4.39 Å². The lowest BCUT2D eigenvalue weighted by Crippen LogP contribution is -2.31. The van der Waals surface area contributed by atoms with E-state index in [0.717, 1.165) is 36.8 Å². The smallest absolute Gasteiger partial charge is 0.259 e. The fourth-order valence-electron chi connectivity index (χ4n) is 4.97. The summed E-state index contributed by atoms with van der Waals surface area (Å²) in [5, 5.41) is 7.31. The Hall–Kier alpha value is -3.71. The zero-order valence-electron chi connectivity index (χ0n) is 17.2. The van der Waals surface area contributed by atoms with Gasteiger partial charge in [-0.15, -0.1) is 0 Å². The number of rotatable bonds is 3. The van der Waals surface area contributed by atoms with Crippen LogP contribution in [-0.4, -0.2) is 29.5 Å². The van der Waals surface area contributed by atoms with Gasteiger partial charge in [-0.3, -0.25) is 14.9 Å². The first-order valence-corrected chi connectivity index (χ1v) is 10.7. The molecule has 0 spiro atoms. The maximum Gasteiger partial charge on any atom is 0.259 e. The van der Waals surface area contributed by atoms with Crippen LogP contribution in [0.2, 0.25) is 0 Å². The minimum atomic E-state index is -0.621. The third kappa shape index (κ3) is 2.74. The third-order valence-corrected chi connectivity index (χ3v) is 6.43. The number of para-hydroxylation sites is 1. The summed E-state index contributed by atoms with van der Waals surface area (Å²) in [4.78, 5) is 25.9. The number of halogens is 1. The van der Waals surface area contributed by atoms with Crippen molar-refractivity contribution in [2.75, 3.05) is 13.1 Å². The van der Waals surface area contributed by atoms with Crippen LogP contribution < -0.4 is 10.6 Å². The average Bonchev–Trinajstić information content (AvgIpc) is 3.50. The molecule has 0 saturated carbocycles. The molecule has 7 heteroatoms. The van der Waals surface area contributed by atoms with Crippen LogP contribution in [0.5, 0.6) is 0 Å². The van der Waals surface area contributed by atoms with Crippen molar-refractivity contribution in [3.05, 3.63) is 71.9 Å². The van der Waals surface area contributed by atoms with Gasteiger partial charge < -0.3 is 14.3 Å². The van der Waals surface area contributed by atoms with Crippen molar-refractivity contribution in [1.82, 2.24) is 15.2 Å². The van der Waals surface area contributed by atoms with Crippen LogP contribution in [0, 0.1) is 5.82 Å². The molecule has 2 aliphatic rings. The molecule has 1 saturated heterocycles. The molecule has 0 radical (unpaired) electrons. The Morgan fingerprint density at radius 2 is 1.88 bits per heavy atom. The number of hydrogen-bond acceptors (Lipinski definition) is 4. The topological polar surface area (TPSA) is 76.3 Å². The van der Waals surface area contributed by atoms with E-state index in [2.05, 4.69) is 15.2 Å². The highest BCUT2D eigenvalue weighted by molar-refractivity contribution is 6.50. The number of nitrogens with one attached hydrogen (secondary N) is 2. The van der Waals surface area contributed by atoms with Gasteiger partial charge in [-0.2, -0.15) is 0 Å². The molecule has 2 N–H and O–H groups in total. The molecule has 2 aromatic heterocycles. The van der Waals surface area contributed by atoms with Gasteiger partial charge in [0, 0.05) is 40.6 Å². The second kappa shape index (κ2) is 7.17. The minimum Gasteiger partial charge on any atom is -0.464 e. The summed E-state index contributed by atoms with van der Waals surface area (Å²) >= 11 is 0. The zero-order valence-corrected chi connectivity index (χ0v) is 17.2. The lowest BCUT2D eigenvalue weighted by Gasteiger charge is -2.25. The molecule has 1 atom stereocenters. The number of piperidine rings is 1. The molecule has 2 aliphatic heterocycles. The molecule has 4 aromatic rings. The number of imide groups is 1. The van der Waals surface area contributed by atoms with E-state index in [1.54, 1.807) is 12.1 Å². The SMILES string of the molecule is O=C1NC(=O)C(c2c(F)ccc3ccoc23)=C1c1cn(C2CCCNC2)c2ccccc12. The first-order valence-electron chi connectivity index (χ1n) is 10.7. The van der Waals surface area contributed by atoms with Crippen LogP contribution in [0.25, 0.3) is 33.0 Å². The Bertz CT molecular complexity index is 1440. The van der Waals surface area contributed by atoms with E-state index in [1.165, 1.54) is 12.3 Å². The Labute approximate surface area is 182 Å². The van der Waals surface area contributed by atoms with Gasteiger partial charge in [0.2, 0.25) is 0 Å². The molecule has 160 valence electrons. The van der Waals surface area contributed by atoms with Crippen molar-refractivity contribution < 1.29 is 18.4 Å². The first-order chi connectivity index (χ1) is 15.6. The molecule has 32 heavy (non-hydrogen) atoms. The van der Waals surface area contributed by atoms with Gasteiger partial charge in [0.25, 0.3) is 11.8 Å². The van der Waals surface area contributed by atoms with Crippen LogP contribution in [0.15, 0.2) is 59.3 Å². The number of hydrogen-bond donors (Lipinski definition) is 2. The van der Waals surface area contributed by atoms with Gasteiger partial charge in [-0.25, -0.2) is 4.39 Å². The van der Waals surface area contributed by atoms with E-state index < -0.39 is 17.6 Å². The van der Waals surface area contributed by atoms with Crippen LogP contribution >= 0.6 is 0 Å². The summed E-state index contributed by atoms with van der Waals surface area (Å²) in [7, 11) is 0. The monoisotopic (exact) mass is 429 g/mol. The van der Waals surface area contributed by atoms with Gasteiger partial charge in [0.1, 0.15) is 11.4 Å². The highest BCUT2D eigenvalue weighted by Gasteiger charge is 2.37. The Kier molecular flexibility index (Phi) is 4.26. The molecule has 2 amide bonds. The van der Waals surface area contributed by atoms with E-state index in [-0.39, 0.29) is 28.3 Å². The third-order valence-electron chi connectivity index (χ3n) is 6.43. The van der Waals surface area contributed by atoms with Crippen molar-refractivity contribution >= 4 is 44.8 Å². The second-order valence-electron chi connectivity index (χ2n) is 8.26. The average molecular weight is 429 g/mol. The minimum absolute atomic E-state index is 0.0118. The van der Waals surface area contributed by atoms with E-state index in [0.29, 0.717) is 10.9 Å². The van der Waals surface area contributed by atoms with Gasteiger partial charge in [-0.1, -0.05) is 18.2 Å². The Balaban J connectivity index is 1.65. The summed E-state index contributed by atoms with van der Waals surface area (Å²) in [6.07, 6.45) is 5.45. The summed E-state index contributed by atoms with van der Waals surface area (Å²) in [5.74, 6) is -1.76. The molecule has 0 bridgehead atoms. The summed E-state index contributed by atoms with van der Waals surface area (Å²) in [6.45, 7) is 1.82. The molecule has 6 nitrogen and oxygen atoms in total. The number of aromatic nitrogens is 1. The normalized spacial score (nSPS) is 19.3. The maximum absolute atomic E-state index is 15.0. The predicted octanol–water partition coefficient (Wildman–Crippen LogP) is 4.02. The number of nitrogens with zero attached hydrogens (tertiary/aromatic N) is 1. The maximum atomic E-state index is 15.0. The largest absolute Gasteiger partial charge is 0.464 e. The number of fused-ring (bicyclic) bond motifs is 2.